The summed E-state index contributed by atoms with van der Waals surface area (Å²) in [4.78, 5) is 10.3. The summed E-state index contributed by atoms with van der Waals surface area (Å²) in [7, 11) is 2.00. The smallest absolute Gasteiger partial charge is 0.507 e. The summed E-state index contributed by atoms with van der Waals surface area (Å²) in [6.07, 6.45) is 3.72. The van der Waals surface area contributed by atoms with Gasteiger partial charge >= 0.3 is 6.36 Å². The highest BCUT2D eigenvalue weighted by Gasteiger charge is 2.35. The van der Waals surface area contributed by atoms with E-state index in [1.807, 2.05) is 7.05 Å². The lowest BCUT2D eigenvalue weighted by Crippen LogP contribution is -2.47. The Labute approximate surface area is 193 Å². The molecule has 0 spiro atoms. The summed E-state index contributed by atoms with van der Waals surface area (Å²) in [5.74, 6) is 0.345. The van der Waals surface area contributed by atoms with Crippen LogP contribution in [0.5, 0.6) is 11.5 Å². The molecule has 2 saturated heterocycles. The normalized spacial score (nSPS) is 21.9. The molecule has 2 aromatic heterocycles. The monoisotopic (exact) mass is 472 g/mol. The number of pyridine rings is 1. The van der Waals surface area contributed by atoms with Crippen LogP contribution in [-0.2, 0) is 0 Å². The third kappa shape index (κ3) is 4.74. The van der Waals surface area contributed by atoms with Gasteiger partial charge in [-0.25, -0.2) is 4.98 Å². The molecular formula is C23H23F3N6O2. The van der Waals surface area contributed by atoms with Crippen LogP contribution < -0.4 is 15.0 Å². The zero-order chi connectivity index (χ0) is 23.9. The highest BCUT2D eigenvalue weighted by Crippen LogP contribution is 2.34. The molecule has 1 aromatic carbocycles. The second-order valence-electron chi connectivity index (χ2n) is 8.70. The van der Waals surface area contributed by atoms with Gasteiger partial charge in [-0.1, -0.05) is 6.07 Å². The van der Waals surface area contributed by atoms with E-state index in [-0.39, 0.29) is 11.6 Å². The van der Waals surface area contributed by atoms with E-state index in [0.717, 1.165) is 19.0 Å². The molecule has 0 amide bonds. The number of nitrogens with zero attached hydrogens (tertiary/aromatic N) is 5. The fourth-order valence-corrected chi connectivity index (χ4v) is 4.75. The lowest BCUT2D eigenvalue weighted by molar-refractivity contribution is -0.274. The number of phenols is 1. The summed E-state index contributed by atoms with van der Waals surface area (Å²) in [5.41, 5.74) is 1.18. The number of rotatable bonds is 5. The zero-order valence-electron chi connectivity index (χ0n) is 18.3. The summed E-state index contributed by atoms with van der Waals surface area (Å²) in [5, 5.41) is 22.7. The minimum atomic E-state index is -4.82. The molecule has 3 aromatic rings. The average Bonchev–Trinajstić information content (AvgIpc) is 3.15. The van der Waals surface area contributed by atoms with Crippen molar-refractivity contribution in [2.24, 2.45) is 0 Å². The van der Waals surface area contributed by atoms with Crippen LogP contribution in [0.2, 0.25) is 0 Å². The molecule has 2 bridgehead atoms. The van der Waals surface area contributed by atoms with Gasteiger partial charge in [0.1, 0.15) is 11.5 Å². The van der Waals surface area contributed by atoms with Crippen molar-refractivity contribution in [3.63, 3.8) is 0 Å². The first-order valence-electron chi connectivity index (χ1n) is 11.0. The van der Waals surface area contributed by atoms with E-state index < -0.39 is 12.1 Å². The number of ether oxygens (including phenoxy) is 1. The predicted octanol–water partition coefficient (Wildman–Crippen LogP) is 3.92. The van der Waals surface area contributed by atoms with Gasteiger partial charge in [-0.05, 0) is 49.4 Å². The maximum Gasteiger partial charge on any atom is 0.573 e. The van der Waals surface area contributed by atoms with Crippen LogP contribution in [0.4, 0.5) is 19.0 Å². The first kappa shape index (κ1) is 22.3. The van der Waals surface area contributed by atoms with Crippen molar-refractivity contribution in [1.82, 2.24) is 25.5 Å². The lowest BCUT2D eigenvalue weighted by atomic mass is 9.99. The maximum absolute atomic E-state index is 12.5. The van der Waals surface area contributed by atoms with Gasteiger partial charge in [0, 0.05) is 36.9 Å². The van der Waals surface area contributed by atoms with Gasteiger partial charge in [0.2, 0.25) is 0 Å². The number of benzene rings is 1. The molecule has 2 aliphatic heterocycles. The Kier molecular flexibility index (Phi) is 5.72. The molecule has 0 saturated carbocycles. The molecule has 3 atom stereocenters. The molecule has 2 aliphatic rings. The van der Waals surface area contributed by atoms with E-state index in [0.29, 0.717) is 40.6 Å². The van der Waals surface area contributed by atoms with Crippen LogP contribution in [-0.4, -0.2) is 56.8 Å². The Morgan fingerprint density at radius 3 is 2.44 bits per heavy atom. The van der Waals surface area contributed by atoms with Crippen molar-refractivity contribution >= 4 is 5.82 Å². The first-order chi connectivity index (χ1) is 16.2. The molecule has 178 valence electrons. The van der Waals surface area contributed by atoms with Crippen molar-refractivity contribution in [2.75, 3.05) is 11.9 Å². The molecule has 0 radical (unpaired) electrons. The van der Waals surface area contributed by atoms with E-state index in [1.165, 1.54) is 31.2 Å². The number of hydrogen-bond acceptors (Lipinski definition) is 8. The number of fused-ring (bicyclic) bond motifs is 2. The number of aromatic hydroxyl groups is 1. The molecule has 8 nitrogen and oxygen atoms in total. The Morgan fingerprint density at radius 1 is 1.03 bits per heavy atom. The van der Waals surface area contributed by atoms with Crippen LogP contribution in [0, 0.1) is 0 Å². The second kappa shape index (κ2) is 8.71. The Balaban J connectivity index is 1.32. The summed E-state index contributed by atoms with van der Waals surface area (Å²) >= 11 is 0. The maximum atomic E-state index is 12.5. The van der Waals surface area contributed by atoms with Crippen molar-refractivity contribution in [1.29, 1.82) is 0 Å². The second-order valence-corrected chi connectivity index (χ2v) is 8.70. The SMILES string of the molecule is CN(c1cnc(-c2ccc(-c3cncc(OC(F)(F)F)c3)cc2O)nn1)[C@@H]1C[C@H]2CC[C@@H](C1)N2. The molecule has 2 N–H and O–H groups in total. The lowest BCUT2D eigenvalue weighted by Gasteiger charge is -2.35. The topological polar surface area (TPSA) is 96.3 Å². The minimum Gasteiger partial charge on any atom is -0.507 e. The third-order valence-electron chi connectivity index (χ3n) is 6.43. The number of nitrogens with one attached hydrogen (secondary N) is 1. The van der Waals surface area contributed by atoms with Gasteiger partial charge in [0.25, 0.3) is 0 Å². The van der Waals surface area contributed by atoms with E-state index in [1.54, 1.807) is 18.3 Å². The van der Waals surface area contributed by atoms with Crippen LogP contribution >= 0.6 is 0 Å². The number of hydrogen-bond donors (Lipinski definition) is 2. The number of aromatic nitrogens is 4. The van der Waals surface area contributed by atoms with Gasteiger partial charge in [-0.2, -0.15) is 0 Å². The molecule has 0 aliphatic carbocycles. The number of halogens is 3. The summed E-state index contributed by atoms with van der Waals surface area (Å²) in [6.45, 7) is 0. The molecule has 4 heterocycles. The summed E-state index contributed by atoms with van der Waals surface area (Å²) in [6, 6.07) is 7.32. The Hall–Kier alpha value is -3.47. The molecule has 34 heavy (non-hydrogen) atoms. The molecule has 5 rings (SSSR count). The van der Waals surface area contributed by atoms with Gasteiger partial charge in [-0.15, -0.1) is 23.4 Å². The highest BCUT2D eigenvalue weighted by atomic mass is 19.4. The fourth-order valence-electron chi connectivity index (χ4n) is 4.75. The largest absolute Gasteiger partial charge is 0.573 e. The number of piperidine rings is 1. The number of anilines is 1. The van der Waals surface area contributed by atoms with Crippen molar-refractivity contribution in [2.45, 2.75) is 50.2 Å². The van der Waals surface area contributed by atoms with E-state index >= 15 is 0 Å². The van der Waals surface area contributed by atoms with Gasteiger partial charge < -0.3 is 20.1 Å². The quantitative estimate of drug-likeness (QED) is 0.577. The number of phenolic OH excluding ortho intramolecular Hbond substituents is 1. The first-order valence-corrected chi connectivity index (χ1v) is 11.0. The summed E-state index contributed by atoms with van der Waals surface area (Å²) < 4.78 is 41.4. The van der Waals surface area contributed by atoms with Gasteiger partial charge in [0.05, 0.1) is 18.0 Å². The molecule has 0 unspecified atom stereocenters. The molecule has 2 fully saturated rings. The number of alkyl halides is 3. The predicted molar refractivity (Wildman–Crippen MR) is 118 cm³/mol. The average molecular weight is 472 g/mol. The van der Waals surface area contributed by atoms with Crippen LogP contribution in [0.3, 0.4) is 0 Å². The highest BCUT2D eigenvalue weighted by molar-refractivity contribution is 5.73. The van der Waals surface area contributed by atoms with E-state index in [4.69, 9.17) is 0 Å². The van der Waals surface area contributed by atoms with Crippen molar-refractivity contribution < 1.29 is 23.0 Å². The van der Waals surface area contributed by atoms with Crippen molar-refractivity contribution in [3.05, 3.63) is 42.9 Å². The van der Waals surface area contributed by atoms with Gasteiger partial charge in [0.15, 0.2) is 11.6 Å². The Bertz CT molecular complexity index is 1160. The molecule has 11 heteroatoms. The molecular weight excluding hydrogens is 449 g/mol. The van der Waals surface area contributed by atoms with Crippen molar-refractivity contribution in [3.8, 4) is 34.0 Å². The van der Waals surface area contributed by atoms with E-state index in [9.17, 15) is 18.3 Å². The fraction of sp³-hybridized carbons (Fsp3) is 0.391. The van der Waals surface area contributed by atoms with E-state index in [2.05, 4.69) is 35.1 Å². The van der Waals surface area contributed by atoms with Crippen LogP contribution in [0.1, 0.15) is 25.7 Å². The minimum absolute atomic E-state index is 0.127. The standard InChI is InChI=1S/C23H23F3N6O2/c1-32(17-8-15-3-4-16(9-17)29-15)21-12-28-22(31-30-21)19-5-2-13(7-20(19)33)14-6-18(11-27-10-14)34-23(24,25)26/h2,5-7,10-12,15-17,29,33H,3-4,8-9H2,1H3/t15-,16+,17-. The zero-order valence-corrected chi connectivity index (χ0v) is 18.3. The van der Waals surface area contributed by atoms with Gasteiger partial charge in [-0.3, -0.25) is 4.98 Å². The Morgan fingerprint density at radius 2 is 1.79 bits per heavy atom. The third-order valence-corrected chi connectivity index (χ3v) is 6.43. The van der Waals surface area contributed by atoms with Crippen LogP contribution in [0.25, 0.3) is 22.5 Å². The van der Waals surface area contributed by atoms with Crippen LogP contribution in [0.15, 0.2) is 42.9 Å².